The molecule has 1 saturated heterocycles. The van der Waals surface area contributed by atoms with Crippen LogP contribution in [0.2, 0.25) is 0 Å². The van der Waals surface area contributed by atoms with Gasteiger partial charge in [0.1, 0.15) is 0 Å². The van der Waals surface area contributed by atoms with Crippen molar-refractivity contribution in [1.29, 1.82) is 0 Å². The smallest absolute Gasteiger partial charge is 0.0123 e. The molecule has 1 aliphatic carbocycles. The summed E-state index contributed by atoms with van der Waals surface area (Å²) in [6, 6.07) is 0.960. The molecular formula is C16H32N2. The topological polar surface area (TPSA) is 15.3 Å². The molecule has 0 unspecified atom stereocenters. The maximum atomic E-state index is 3.42. The Morgan fingerprint density at radius 2 is 1.83 bits per heavy atom. The maximum absolute atomic E-state index is 3.42. The molecule has 2 aliphatic rings. The SMILES string of the molecule is CCNCCCCCN1CCC[C@H]2CCCC[C@H]21. The van der Waals surface area contributed by atoms with Gasteiger partial charge in [0.05, 0.1) is 0 Å². The summed E-state index contributed by atoms with van der Waals surface area (Å²) >= 11 is 0. The van der Waals surface area contributed by atoms with Crippen LogP contribution in [0.15, 0.2) is 0 Å². The van der Waals surface area contributed by atoms with Gasteiger partial charge in [-0.1, -0.05) is 26.2 Å². The summed E-state index contributed by atoms with van der Waals surface area (Å²) in [5, 5.41) is 3.42. The molecule has 2 heteroatoms. The van der Waals surface area contributed by atoms with E-state index in [1.165, 1.54) is 77.4 Å². The van der Waals surface area contributed by atoms with Gasteiger partial charge in [-0.05, 0) is 70.6 Å². The van der Waals surface area contributed by atoms with E-state index in [1.807, 2.05) is 0 Å². The van der Waals surface area contributed by atoms with Gasteiger partial charge in [-0.25, -0.2) is 0 Å². The van der Waals surface area contributed by atoms with Crippen molar-refractivity contribution in [2.45, 2.75) is 70.8 Å². The van der Waals surface area contributed by atoms with Crippen LogP contribution >= 0.6 is 0 Å². The Morgan fingerprint density at radius 1 is 1.00 bits per heavy atom. The zero-order valence-corrected chi connectivity index (χ0v) is 12.3. The highest BCUT2D eigenvalue weighted by atomic mass is 15.2. The Morgan fingerprint density at radius 3 is 2.72 bits per heavy atom. The molecular weight excluding hydrogens is 220 g/mol. The van der Waals surface area contributed by atoms with E-state index in [0.717, 1.165) is 18.5 Å². The molecule has 106 valence electrons. The largest absolute Gasteiger partial charge is 0.317 e. The predicted octanol–water partition coefficient (Wildman–Crippen LogP) is 3.42. The van der Waals surface area contributed by atoms with Crippen molar-refractivity contribution >= 4 is 0 Å². The summed E-state index contributed by atoms with van der Waals surface area (Å²) in [6.45, 7) is 7.27. The Labute approximate surface area is 114 Å². The molecule has 0 spiro atoms. The fourth-order valence-electron chi connectivity index (χ4n) is 3.92. The summed E-state index contributed by atoms with van der Waals surface area (Å²) in [5.41, 5.74) is 0. The lowest BCUT2D eigenvalue weighted by atomic mass is 9.78. The normalized spacial score (nSPS) is 29.2. The van der Waals surface area contributed by atoms with Crippen LogP contribution in [-0.2, 0) is 0 Å². The van der Waals surface area contributed by atoms with Crippen molar-refractivity contribution in [3.05, 3.63) is 0 Å². The monoisotopic (exact) mass is 252 g/mol. The van der Waals surface area contributed by atoms with Crippen LogP contribution in [0.1, 0.15) is 64.7 Å². The Kier molecular flexibility index (Phi) is 6.50. The van der Waals surface area contributed by atoms with Crippen molar-refractivity contribution in [3.8, 4) is 0 Å². The molecule has 2 nitrogen and oxygen atoms in total. The van der Waals surface area contributed by atoms with E-state index in [1.54, 1.807) is 0 Å². The minimum Gasteiger partial charge on any atom is -0.317 e. The summed E-state index contributed by atoms with van der Waals surface area (Å²) in [4.78, 5) is 2.83. The molecule has 0 radical (unpaired) electrons. The number of piperidine rings is 1. The summed E-state index contributed by atoms with van der Waals surface area (Å²) in [5.74, 6) is 1.05. The van der Waals surface area contributed by atoms with E-state index in [4.69, 9.17) is 0 Å². The number of nitrogens with one attached hydrogen (secondary N) is 1. The molecule has 0 aromatic heterocycles. The van der Waals surface area contributed by atoms with E-state index in [9.17, 15) is 0 Å². The average Bonchev–Trinajstić information content (AvgIpc) is 2.43. The van der Waals surface area contributed by atoms with Crippen LogP contribution in [0.5, 0.6) is 0 Å². The molecule has 2 rings (SSSR count). The number of fused-ring (bicyclic) bond motifs is 1. The van der Waals surface area contributed by atoms with Gasteiger partial charge in [0, 0.05) is 6.04 Å². The minimum absolute atomic E-state index is 0.960. The third-order valence-corrected chi connectivity index (χ3v) is 4.91. The highest BCUT2D eigenvalue weighted by Crippen LogP contribution is 2.35. The number of rotatable bonds is 7. The van der Waals surface area contributed by atoms with Crippen LogP contribution < -0.4 is 5.32 Å². The molecule has 2 fully saturated rings. The lowest BCUT2D eigenvalue weighted by Crippen LogP contribution is -2.47. The molecule has 0 aromatic rings. The van der Waals surface area contributed by atoms with Gasteiger partial charge in [-0.3, -0.25) is 0 Å². The number of likely N-dealkylation sites (tertiary alicyclic amines) is 1. The molecule has 1 N–H and O–H groups in total. The van der Waals surface area contributed by atoms with Gasteiger partial charge in [-0.15, -0.1) is 0 Å². The molecule has 2 atom stereocenters. The third kappa shape index (κ3) is 4.24. The lowest BCUT2D eigenvalue weighted by Gasteiger charge is -2.44. The van der Waals surface area contributed by atoms with Gasteiger partial charge in [-0.2, -0.15) is 0 Å². The number of nitrogens with zero attached hydrogens (tertiary/aromatic N) is 1. The zero-order valence-electron chi connectivity index (χ0n) is 12.3. The number of hydrogen-bond donors (Lipinski definition) is 1. The maximum Gasteiger partial charge on any atom is 0.0123 e. The van der Waals surface area contributed by atoms with E-state index in [0.29, 0.717) is 0 Å². The standard InChI is InChI=1S/C16H32N2/c1-2-17-12-6-3-7-13-18-14-8-10-15-9-4-5-11-16(15)18/h15-17H,2-14H2,1H3/t15-,16-/m1/s1. The van der Waals surface area contributed by atoms with Gasteiger partial charge in [0.2, 0.25) is 0 Å². The molecule has 1 heterocycles. The van der Waals surface area contributed by atoms with Crippen LogP contribution in [-0.4, -0.2) is 37.1 Å². The van der Waals surface area contributed by atoms with Gasteiger partial charge in [0.15, 0.2) is 0 Å². The quantitative estimate of drug-likeness (QED) is 0.698. The summed E-state index contributed by atoms with van der Waals surface area (Å²) < 4.78 is 0. The summed E-state index contributed by atoms with van der Waals surface area (Å²) in [7, 11) is 0. The molecule has 0 amide bonds. The second kappa shape index (κ2) is 8.16. The first-order chi connectivity index (χ1) is 8.92. The molecule has 1 saturated carbocycles. The highest BCUT2D eigenvalue weighted by molar-refractivity contribution is 4.87. The van der Waals surface area contributed by atoms with E-state index in [2.05, 4.69) is 17.1 Å². The third-order valence-electron chi connectivity index (χ3n) is 4.91. The van der Waals surface area contributed by atoms with Crippen molar-refractivity contribution in [2.75, 3.05) is 26.2 Å². The van der Waals surface area contributed by atoms with Crippen LogP contribution in [0.4, 0.5) is 0 Å². The van der Waals surface area contributed by atoms with Crippen molar-refractivity contribution in [1.82, 2.24) is 10.2 Å². The molecule has 1 aliphatic heterocycles. The summed E-state index contributed by atoms with van der Waals surface area (Å²) in [6.07, 6.45) is 13.1. The molecule has 18 heavy (non-hydrogen) atoms. The number of hydrogen-bond acceptors (Lipinski definition) is 2. The first-order valence-electron chi connectivity index (χ1n) is 8.36. The van der Waals surface area contributed by atoms with Gasteiger partial charge < -0.3 is 10.2 Å². The Bertz CT molecular complexity index is 215. The average molecular weight is 252 g/mol. The van der Waals surface area contributed by atoms with Crippen LogP contribution in [0.3, 0.4) is 0 Å². The fourth-order valence-corrected chi connectivity index (χ4v) is 3.92. The zero-order chi connectivity index (χ0) is 12.6. The molecule has 0 aromatic carbocycles. The van der Waals surface area contributed by atoms with E-state index < -0.39 is 0 Å². The fraction of sp³-hybridized carbons (Fsp3) is 1.00. The Hall–Kier alpha value is -0.0800. The second-order valence-corrected chi connectivity index (χ2v) is 6.20. The highest BCUT2D eigenvalue weighted by Gasteiger charge is 2.32. The second-order valence-electron chi connectivity index (χ2n) is 6.20. The first kappa shape index (κ1) is 14.3. The van der Waals surface area contributed by atoms with Crippen molar-refractivity contribution in [2.24, 2.45) is 5.92 Å². The minimum atomic E-state index is 0.960. The van der Waals surface area contributed by atoms with Crippen molar-refractivity contribution in [3.63, 3.8) is 0 Å². The number of unbranched alkanes of at least 4 members (excludes halogenated alkanes) is 2. The van der Waals surface area contributed by atoms with Crippen LogP contribution in [0.25, 0.3) is 0 Å². The van der Waals surface area contributed by atoms with E-state index >= 15 is 0 Å². The lowest BCUT2D eigenvalue weighted by molar-refractivity contribution is 0.0596. The predicted molar refractivity (Wildman–Crippen MR) is 78.9 cm³/mol. The van der Waals surface area contributed by atoms with Crippen molar-refractivity contribution < 1.29 is 0 Å². The van der Waals surface area contributed by atoms with Gasteiger partial charge >= 0.3 is 0 Å². The Balaban J connectivity index is 1.62. The van der Waals surface area contributed by atoms with Crippen LogP contribution in [0, 0.1) is 5.92 Å². The molecule has 0 bridgehead atoms. The van der Waals surface area contributed by atoms with E-state index in [-0.39, 0.29) is 0 Å². The first-order valence-corrected chi connectivity index (χ1v) is 8.36. The van der Waals surface area contributed by atoms with Gasteiger partial charge in [0.25, 0.3) is 0 Å².